The van der Waals surface area contributed by atoms with E-state index in [0.717, 1.165) is 24.2 Å². The van der Waals surface area contributed by atoms with E-state index in [1.165, 1.54) is 0 Å². The van der Waals surface area contributed by atoms with Crippen LogP contribution in [0.2, 0.25) is 5.02 Å². The molecule has 0 radical (unpaired) electrons. The van der Waals surface area contributed by atoms with Crippen LogP contribution in [0.4, 0.5) is 0 Å². The first-order chi connectivity index (χ1) is 7.81. The Labute approximate surface area is 104 Å². The summed E-state index contributed by atoms with van der Waals surface area (Å²) in [7, 11) is 0. The van der Waals surface area contributed by atoms with Crippen LogP contribution in [-0.4, -0.2) is 20.9 Å². The van der Waals surface area contributed by atoms with Crippen LogP contribution in [0.1, 0.15) is 12.1 Å². The highest BCUT2D eigenvalue weighted by Crippen LogP contribution is 2.18. The van der Waals surface area contributed by atoms with E-state index >= 15 is 0 Å². The first kappa shape index (κ1) is 11.4. The Morgan fingerprint density at radius 1 is 1.25 bits per heavy atom. The summed E-state index contributed by atoms with van der Waals surface area (Å²) in [5.74, 6) is 0.638. The van der Waals surface area contributed by atoms with Gasteiger partial charge in [0.2, 0.25) is 0 Å². The molecule has 0 saturated heterocycles. The van der Waals surface area contributed by atoms with Gasteiger partial charge in [-0.05, 0) is 25.0 Å². The Hall–Kier alpha value is -1.06. The average molecular weight is 256 g/mol. The molecule has 84 valence electrons. The highest BCUT2D eigenvalue weighted by molar-refractivity contribution is 6.32. The van der Waals surface area contributed by atoms with Crippen molar-refractivity contribution in [1.82, 2.24) is 15.0 Å². The maximum atomic E-state index is 6.06. The number of alkyl halides is 1. The lowest BCUT2D eigenvalue weighted by atomic mass is 10.3. The third-order valence-corrected chi connectivity index (χ3v) is 2.79. The van der Waals surface area contributed by atoms with Crippen molar-refractivity contribution in [2.75, 3.05) is 5.88 Å². The van der Waals surface area contributed by atoms with Gasteiger partial charge in [-0.15, -0.1) is 16.7 Å². The van der Waals surface area contributed by atoms with Crippen molar-refractivity contribution in [3.8, 4) is 5.69 Å². The normalized spacial score (nSPS) is 10.6. The van der Waals surface area contributed by atoms with E-state index < -0.39 is 0 Å². The molecule has 5 heteroatoms. The molecule has 0 bridgehead atoms. The lowest BCUT2D eigenvalue weighted by Gasteiger charge is -2.01. The Kier molecular flexibility index (Phi) is 3.80. The predicted octanol–water partition coefficient (Wildman–Crippen LogP) is 3.09. The van der Waals surface area contributed by atoms with Crippen molar-refractivity contribution in [3.63, 3.8) is 0 Å². The van der Waals surface area contributed by atoms with Crippen LogP contribution in [0.15, 0.2) is 30.5 Å². The third kappa shape index (κ3) is 2.54. The van der Waals surface area contributed by atoms with E-state index in [4.69, 9.17) is 23.2 Å². The van der Waals surface area contributed by atoms with Crippen molar-refractivity contribution in [1.29, 1.82) is 0 Å². The fourth-order valence-corrected chi connectivity index (χ4v) is 1.77. The molecule has 1 aromatic carbocycles. The summed E-state index contributed by atoms with van der Waals surface area (Å²) in [6, 6.07) is 7.54. The molecule has 2 rings (SSSR count). The maximum absolute atomic E-state index is 6.06. The number of aryl methyl sites for hydroxylation is 1. The molecule has 0 N–H and O–H groups in total. The van der Waals surface area contributed by atoms with E-state index in [0.29, 0.717) is 10.9 Å². The molecule has 0 saturated carbocycles. The molecule has 3 nitrogen and oxygen atoms in total. The van der Waals surface area contributed by atoms with Crippen LogP contribution in [-0.2, 0) is 6.42 Å². The molecule has 0 unspecified atom stereocenters. The van der Waals surface area contributed by atoms with Crippen LogP contribution in [0.3, 0.4) is 0 Å². The number of aromatic nitrogens is 3. The average Bonchev–Trinajstić information content (AvgIpc) is 2.75. The van der Waals surface area contributed by atoms with E-state index in [1.807, 2.05) is 30.5 Å². The van der Waals surface area contributed by atoms with Gasteiger partial charge in [0.1, 0.15) is 0 Å². The number of hydrogen-bond acceptors (Lipinski definition) is 2. The molecular weight excluding hydrogens is 245 g/mol. The zero-order valence-electron chi connectivity index (χ0n) is 8.61. The minimum atomic E-state index is 0.638. The standard InChI is InChI=1S/C11H11Cl2N3/c12-7-3-4-9-8-16(15-14-9)11-6-2-1-5-10(11)13/h1-2,5-6,8H,3-4,7H2. The minimum absolute atomic E-state index is 0.638. The van der Waals surface area contributed by atoms with Gasteiger partial charge in [0.05, 0.1) is 22.6 Å². The lowest BCUT2D eigenvalue weighted by Crippen LogP contribution is -1.95. The number of halogens is 2. The SMILES string of the molecule is ClCCCc1cn(-c2ccccc2Cl)nn1. The summed E-state index contributed by atoms with van der Waals surface area (Å²) in [5, 5.41) is 8.77. The monoisotopic (exact) mass is 255 g/mol. The molecule has 2 aromatic rings. The van der Waals surface area contributed by atoms with E-state index in [-0.39, 0.29) is 0 Å². The topological polar surface area (TPSA) is 30.7 Å². The molecular formula is C11H11Cl2N3. The first-order valence-electron chi connectivity index (χ1n) is 5.03. The Bertz CT molecular complexity index is 468. The van der Waals surface area contributed by atoms with Crippen molar-refractivity contribution >= 4 is 23.2 Å². The largest absolute Gasteiger partial charge is 0.219 e. The van der Waals surface area contributed by atoms with Crippen molar-refractivity contribution in [2.45, 2.75) is 12.8 Å². The van der Waals surface area contributed by atoms with Crippen LogP contribution in [0, 0.1) is 0 Å². The Morgan fingerprint density at radius 2 is 2.06 bits per heavy atom. The van der Waals surface area contributed by atoms with Crippen LogP contribution >= 0.6 is 23.2 Å². The minimum Gasteiger partial charge on any atom is -0.219 e. The number of benzene rings is 1. The van der Waals surface area contributed by atoms with Crippen molar-refractivity contribution in [2.24, 2.45) is 0 Å². The number of rotatable bonds is 4. The van der Waals surface area contributed by atoms with Gasteiger partial charge in [0, 0.05) is 5.88 Å². The fraction of sp³-hybridized carbons (Fsp3) is 0.273. The Morgan fingerprint density at radius 3 is 2.81 bits per heavy atom. The lowest BCUT2D eigenvalue weighted by molar-refractivity contribution is 0.792. The molecule has 0 aliphatic rings. The summed E-state index contributed by atoms with van der Waals surface area (Å²) in [4.78, 5) is 0. The zero-order valence-corrected chi connectivity index (χ0v) is 10.1. The van der Waals surface area contributed by atoms with Crippen LogP contribution in [0.25, 0.3) is 5.69 Å². The molecule has 0 spiro atoms. The summed E-state index contributed by atoms with van der Waals surface area (Å²) in [5.41, 5.74) is 1.77. The maximum Gasteiger partial charge on any atom is 0.0849 e. The second-order valence-corrected chi connectivity index (χ2v) is 4.18. The second kappa shape index (κ2) is 5.32. The quantitative estimate of drug-likeness (QED) is 0.787. The third-order valence-electron chi connectivity index (χ3n) is 2.21. The number of para-hydroxylation sites is 1. The van der Waals surface area contributed by atoms with Gasteiger partial charge >= 0.3 is 0 Å². The van der Waals surface area contributed by atoms with Gasteiger partial charge in [0.15, 0.2) is 0 Å². The van der Waals surface area contributed by atoms with E-state index in [1.54, 1.807) is 4.68 Å². The second-order valence-electron chi connectivity index (χ2n) is 3.40. The van der Waals surface area contributed by atoms with Gasteiger partial charge in [0.25, 0.3) is 0 Å². The zero-order chi connectivity index (χ0) is 11.4. The molecule has 1 aromatic heterocycles. The predicted molar refractivity (Wildman–Crippen MR) is 65.4 cm³/mol. The van der Waals surface area contributed by atoms with E-state index in [2.05, 4.69) is 10.3 Å². The molecule has 0 amide bonds. The molecule has 0 atom stereocenters. The number of nitrogens with zero attached hydrogens (tertiary/aromatic N) is 3. The van der Waals surface area contributed by atoms with Crippen molar-refractivity contribution in [3.05, 3.63) is 41.2 Å². The van der Waals surface area contributed by atoms with Crippen LogP contribution in [0.5, 0.6) is 0 Å². The van der Waals surface area contributed by atoms with Gasteiger partial charge in [-0.1, -0.05) is 28.9 Å². The molecule has 0 aliphatic carbocycles. The number of hydrogen-bond donors (Lipinski definition) is 0. The molecule has 0 aliphatic heterocycles. The first-order valence-corrected chi connectivity index (χ1v) is 5.94. The van der Waals surface area contributed by atoms with Crippen LogP contribution < -0.4 is 0 Å². The van der Waals surface area contributed by atoms with Crippen molar-refractivity contribution < 1.29 is 0 Å². The summed E-state index contributed by atoms with van der Waals surface area (Å²) >= 11 is 11.7. The summed E-state index contributed by atoms with van der Waals surface area (Å²) in [6.45, 7) is 0. The summed E-state index contributed by atoms with van der Waals surface area (Å²) < 4.78 is 1.69. The molecule has 0 fully saturated rings. The van der Waals surface area contributed by atoms with Gasteiger partial charge in [-0.25, -0.2) is 4.68 Å². The fourth-order valence-electron chi connectivity index (χ4n) is 1.42. The molecule has 1 heterocycles. The smallest absolute Gasteiger partial charge is 0.0849 e. The summed E-state index contributed by atoms with van der Waals surface area (Å²) in [6.07, 6.45) is 3.63. The molecule has 16 heavy (non-hydrogen) atoms. The highest BCUT2D eigenvalue weighted by atomic mass is 35.5. The van der Waals surface area contributed by atoms with Gasteiger partial charge in [-0.3, -0.25) is 0 Å². The highest BCUT2D eigenvalue weighted by Gasteiger charge is 2.05. The van der Waals surface area contributed by atoms with Gasteiger partial charge in [-0.2, -0.15) is 0 Å². The Balaban J connectivity index is 2.22. The van der Waals surface area contributed by atoms with E-state index in [9.17, 15) is 0 Å². The van der Waals surface area contributed by atoms with Gasteiger partial charge < -0.3 is 0 Å².